The molecule has 1 aromatic rings. The largest absolute Gasteiger partial charge is 0.493 e. The molecule has 5 heteroatoms. The quantitative estimate of drug-likeness (QED) is 0.893. The highest BCUT2D eigenvalue weighted by molar-refractivity contribution is 6.32. The van der Waals surface area contributed by atoms with E-state index in [1.54, 1.807) is 19.1 Å². The number of hydrogen-bond donors (Lipinski definition) is 1. The average molecular weight is 273 g/mol. The van der Waals surface area contributed by atoms with Crippen LogP contribution in [0.2, 0.25) is 5.02 Å². The first kappa shape index (κ1) is 14.6. The summed E-state index contributed by atoms with van der Waals surface area (Å²) >= 11 is 6.08. The van der Waals surface area contributed by atoms with Gasteiger partial charge in [0.1, 0.15) is 0 Å². The lowest BCUT2D eigenvalue weighted by atomic mass is 9.99. The van der Waals surface area contributed by atoms with Gasteiger partial charge in [-0.2, -0.15) is 0 Å². The predicted molar refractivity (Wildman–Crippen MR) is 69.8 cm³/mol. The fourth-order valence-electron chi connectivity index (χ4n) is 1.60. The van der Waals surface area contributed by atoms with Gasteiger partial charge in [0.05, 0.1) is 19.1 Å². The second kappa shape index (κ2) is 5.96. The molecule has 4 nitrogen and oxygen atoms in total. The lowest BCUT2D eigenvalue weighted by Gasteiger charge is -2.20. The minimum Gasteiger partial charge on any atom is -0.493 e. The van der Waals surface area contributed by atoms with E-state index in [-0.39, 0.29) is 6.10 Å². The zero-order chi connectivity index (χ0) is 13.9. The van der Waals surface area contributed by atoms with E-state index in [2.05, 4.69) is 0 Å². The molecule has 0 amide bonds. The first-order valence-corrected chi connectivity index (χ1v) is 6.02. The molecule has 0 aromatic heterocycles. The molecule has 0 radical (unpaired) electrons. The standard InChI is InChI=1S/C13H17ClO4/c1-7(2)18-12-10(17-4)6-5-9(14)11(12)8(3)13(15)16/h5-8H,1-4H3,(H,15,16). The van der Waals surface area contributed by atoms with E-state index >= 15 is 0 Å². The van der Waals surface area contributed by atoms with Crippen molar-refractivity contribution in [1.82, 2.24) is 0 Å². The summed E-state index contributed by atoms with van der Waals surface area (Å²) in [6.45, 7) is 5.28. The number of hydrogen-bond acceptors (Lipinski definition) is 3. The summed E-state index contributed by atoms with van der Waals surface area (Å²) in [5.41, 5.74) is 0.442. The van der Waals surface area contributed by atoms with Crippen molar-refractivity contribution in [3.8, 4) is 11.5 Å². The zero-order valence-corrected chi connectivity index (χ0v) is 11.6. The van der Waals surface area contributed by atoms with Crippen molar-refractivity contribution in [1.29, 1.82) is 0 Å². The van der Waals surface area contributed by atoms with Gasteiger partial charge in [-0.25, -0.2) is 0 Å². The van der Waals surface area contributed by atoms with Crippen molar-refractivity contribution < 1.29 is 19.4 Å². The van der Waals surface area contributed by atoms with Crippen molar-refractivity contribution in [2.75, 3.05) is 7.11 Å². The average Bonchev–Trinajstić information content (AvgIpc) is 2.28. The van der Waals surface area contributed by atoms with E-state index < -0.39 is 11.9 Å². The molecule has 1 N–H and O–H groups in total. The molecule has 1 rings (SSSR count). The van der Waals surface area contributed by atoms with Gasteiger partial charge in [-0.15, -0.1) is 0 Å². The van der Waals surface area contributed by atoms with Crippen molar-refractivity contribution in [3.05, 3.63) is 22.7 Å². The van der Waals surface area contributed by atoms with Crippen molar-refractivity contribution in [2.24, 2.45) is 0 Å². The number of halogens is 1. The van der Waals surface area contributed by atoms with Gasteiger partial charge in [0.25, 0.3) is 0 Å². The molecule has 0 saturated heterocycles. The summed E-state index contributed by atoms with van der Waals surface area (Å²) in [5.74, 6) is -0.841. The monoisotopic (exact) mass is 272 g/mol. The van der Waals surface area contributed by atoms with Crippen LogP contribution in [0.3, 0.4) is 0 Å². The van der Waals surface area contributed by atoms with Crippen molar-refractivity contribution >= 4 is 17.6 Å². The lowest BCUT2D eigenvalue weighted by molar-refractivity contribution is -0.138. The molecule has 0 aliphatic heterocycles. The van der Waals surface area contributed by atoms with E-state index in [9.17, 15) is 4.79 Å². The first-order chi connectivity index (χ1) is 8.38. The molecule has 1 unspecified atom stereocenters. The second-order valence-electron chi connectivity index (χ2n) is 4.22. The van der Waals surface area contributed by atoms with Crippen LogP contribution in [-0.4, -0.2) is 24.3 Å². The van der Waals surface area contributed by atoms with Crippen LogP contribution >= 0.6 is 11.6 Å². The van der Waals surface area contributed by atoms with Crippen LogP contribution in [-0.2, 0) is 4.79 Å². The molecule has 0 bridgehead atoms. The number of carbonyl (C=O) groups is 1. The Morgan fingerprint density at radius 3 is 2.39 bits per heavy atom. The van der Waals surface area contributed by atoms with E-state index in [1.807, 2.05) is 13.8 Å². The van der Waals surface area contributed by atoms with Crippen LogP contribution in [0.5, 0.6) is 11.5 Å². The highest BCUT2D eigenvalue weighted by atomic mass is 35.5. The Balaban J connectivity index is 3.39. The second-order valence-corrected chi connectivity index (χ2v) is 4.63. The third-order valence-corrected chi connectivity index (χ3v) is 2.81. The highest BCUT2D eigenvalue weighted by Gasteiger charge is 2.25. The molecule has 18 heavy (non-hydrogen) atoms. The molecule has 0 aliphatic carbocycles. The molecular formula is C13H17ClO4. The summed E-state index contributed by atoms with van der Waals surface area (Å²) in [7, 11) is 1.51. The normalized spacial score (nSPS) is 12.3. The van der Waals surface area contributed by atoms with E-state index in [1.165, 1.54) is 7.11 Å². The number of rotatable bonds is 5. The maximum absolute atomic E-state index is 11.1. The fraction of sp³-hybridized carbons (Fsp3) is 0.462. The van der Waals surface area contributed by atoms with Crippen molar-refractivity contribution in [3.63, 3.8) is 0 Å². The first-order valence-electron chi connectivity index (χ1n) is 5.64. The van der Waals surface area contributed by atoms with Crippen LogP contribution in [0.25, 0.3) is 0 Å². The molecule has 0 aliphatic rings. The lowest BCUT2D eigenvalue weighted by Crippen LogP contribution is -2.14. The number of ether oxygens (including phenoxy) is 2. The number of benzene rings is 1. The smallest absolute Gasteiger partial charge is 0.310 e. The SMILES string of the molecule is COc1ccc(Cl)c(C(C)C(=O)O)c1OC(C)C. The van der Waals surface area contributed by atoms with Gasteiger partial charge >= 0.3 is 5.97 Å². The number of carboxylic acid groups (broad SMARTS) is 1. The Bertz CT molecular complexity index is 443. The van der Waals surface area contributed by atoms with Crippen LogP contribution in [0.1, 0.15) is 32.3 Å². The Labute approximate surface area is 111 Å². The minimum absolute atomic E-state index is 0.0999. The number of aliphatic carboxylic acids is 1. The van der Waals surface area contributed by atoms with Crippen LogP contribution in [0, 0.1) is 0 Å². The van der Waals surface area contributed by atoms with Gasteiger partial charge in [0, 0.05) is 10.6 Å². The zero-order valence-electron chi connectivity index (χ0n) is 10.9. The Hall–Kier alpha value is -1.42. The summed E-state index contributed by atoms with van der Waals surface area (Å²) in [6, 6.07) is 3.28. The maximum Gasteiger partial charge on any atom is 0.310 e. The van der Waals surface area contributed by atoms with Gasteiger partial charge in [-0.3, -0.25) is 4.79 Å². The number of carboxylic acids is 1. The summed E-state index contributed by atoms with van der Waals surface area (Å²) in [4.78, 5) is 11.1. The third kappa shape index (κ3) is 3.07. The van der Waals surface area contributed by atoms with Crippen molar-refractivity contribution in [2.45, 2.75) is 32.8 Å². The molecule has 1 atom stereocenters. The molecule has 1 aromatic carbocycles. The Morgan fingerprint density at radius 2 is 1.94 bits per heavy atom. The molecule has 100 valence electrons. The highest BCUT2D eigenvalue weighted by Crippen LogP contribution is 2.41. The summed E-state index contributed by atoms with van der Waals surface area (Å²) < 4.78 is 10.8. The minimum atomic E-state index is -0.959. The fourth-order valence-corrected chi connectivity index (χ4v) is 1.91. The summed E-state index contributed by atoms with van der Waals surface area (Å²) in [5, 5.41) is 9.49. The molecular weight excluding hydrogens is 256 g/mol. The molecule has 0 spiro atoms. The third-order valence-electron chi connectivity index (χ3n) is 2.48. The van der Waals surface area contributed by atoms with Crippen LogP contribution in [0.15, 0.2) is 12.1 Å². The molecule has 0 fully saturated rings. The van der Waals surface area contributed by atoms with Crippen LogP contribution < -0.4 is 9.47 Å². The van der Waals surface area contributed by atoms with Crippen LogP contribution in [0.4, 0.5) is 0 Å². The molecule has 0 saturated carbocycles. The number of methoxy groups -OCH3 is 1. The van der Waals surface area contributed by atoms with E-state index in [0.29, 0.717) is 22.1 Å². The van der Waals surface area contributed by atoms with Gasteiger partial charge in [0.15, 0.2) is 11.5 Å². The molecule has 0 heterocycles. The van der Waals surface area contributed by atoms with Gasteiger partial charge in [0.2, 0.25) is 0 Å². The van der Waals surface area contributed by atoms with E-state index in [4.69, 9.17) is 26.2 Å². The predicted octanol–water partition coefficient (Wildman–Crippen LogP) is 3.32. The van der Waals surface area contributed by atoms with E-state index in [0.717, 1.165) is 0 Å². The Kier molecular flexibility index (Phi) is 4.84. The van der Waals surface area contributed by atoms with Gasteiger partial charge in [-0.1, -0.05) is 11.6 Å². The Morgan fingerprint density at radius 1 is 1.33 bits per heavy atom. The topological polar surface area (TPSA) is 55.8 Å². The van der Waals surface area contributed by atoms with Gasteiger partial charge in [-0.05, 0) is 32.9 Å². The summed E-state index contributed by atoms with van der Waals surface area (Å²) in [6.07, 6.45) is -0.0999. The van der Waals surface area contributed by atoms with Gasteiger partial charge < -0.3 is 14.6 Å². The maximum atomic E-state index is 11.1.